The SMILES string of the molecule is CC(C)(C)CCOCCCO. The fraction of sp³-hybridized carbons (Fsp3) is 1.00. The van der Waals surface area contributed by atoms with Crippen molar-refractivity contribution in [3.05, 3.63) is 0 Å². The molecule has 0 aromatic rings. The van der Waals surface area contributed by atoms with Gasteiger partial charge in [0.05, 0.1) is 0 Å². The second-order valence-corrected chi connectivity index (χ2v) is 4.00. The van der Waals surface area contributed by atoms with Gasteiger partial charge in [0.15, 0.2) is 0 Å². The van der Waals surface area contributed by atoms with Crippen LogP contribution in [0.4, 0.5) is 0 Å². The molecular weight excluding hydrogens is 140 g/mol. The zero-order valence-corrected chi connectivity index (χ0v) is 7.89. The van der Waals surface area contributed by atoms with E-state index in [4.69, 9.17) is 9.84 Å². The Morgan fingerprint density at radius 2 is 1.82 bits per heavy atom. The number of hydrogen-bond acceptors (Lipinski definition) is 2. The lowest BCUT2D eigenvalue weighted by Crippen LogP contribution is -2.10. The van der Waals surface area contributed by atoms with Crippen molar-refractivity contribution in [2.45, 2.75) is 33.6 Å². The van der Waals surface area contributed by atoms with E-state index in [0.29, 0.717) is 12.0 Å². The van der Waals surface area contributed by atoms with Crippen LogP contribution in [0.5, 0.6) is 0 Å². The maximum Gasteiger partial charge on any atom is 0.0487 e. The molecule has 0 aliphatic carbocycles. The smallest absolute Gasteiger partial charge is 0.0487 e. The number of rotatable bonds is 5. The standard InChI is InChI=1S/C9H20O2/c1-9(2,3)5-8-11-7-4-6-10/h10H,4-8H2,1-3H3. The first-order valence-electron chi connectivity index (χ1n) is 4.25. The molecule has 0 aliphatic rings. The van der Waals surface area contributed by atoms with Crippen molar-refractivity contribution in [2.24, 2.45) is 5.41 Å². The second kappa shape index (κ2) is 5.56. The molecule has 0 bridgehead atoms. The largest absolute Gasteiger partial charge is 0.396 e. The molecule has 0 aromatic carbocycles. The van der Waals surface area contributed by atoms with Gasteiger partial charge in [0.25, 0.3) is 0 Å². The monoisotopic (exact) mass is 160 g/mol. The molecule has 0 fully saturated rings. The molecule has 2 heteroatoms. The Morgan fingerprint density at radius 1 is 1.18 bits per heavy atom. The minimum absolute atomic E-state index is 0.232. The van der Waals surface area contributed by atoms with Gasteiger partial charge in [-0.05, 0) is 18.3 Å². The molecule has 0 rings (SSSR count). The van der Waals surface area contributed by atoms with Crippen molar-refractivity contribution >= 4 is 0 Å². The summed E-state index contributed by atoms with van der Waals surface area (Å²) in [5.41, 5.74) is 0.360. The van der Waals surface area contributed by atoms with Crippen LogP contribution >= 0.6 is 0 Å². The minimum Gasteiger partial charge on any atom is -0.396 e. The van der Waals surface area contributed by atoms with E-state index in [9.17, 15) is 0 Å². The van der Waals surface area contributed by atoms with E-state index in [1.165, 1.54) is 0 Å². The van der Waals surface area contributed by atoms with Crippen molar-refractivity contribution in [1.82, 2.24) is 0 Å². The van der Waals surface area contributed by atoms with Gasteiger partial charge in [0.1, 0.15) is 0 Å². The van der Waals surface area contributed by atoms with Gasteiger partial charge < -0.3 is 9.84 Å². The predicted octanol–water partition coefficient (Wildman–Crippen LogP) is 1.82. The van der Waals surface area contributed by atoms with E-state index in [0.717, 1.165) is 19.4 Å². The highest BCUT2D eigenvalue weighted by Gasteiger charge is 2.08. The van der Waals surface area contributed by atoms with Crippen LogP contribution < -0.4 is 0 Å². The van der Waals surface area contributed by atoms with Crippen molar-refractivity contribution < 1.29 is 9.84 Å². The first kappa shape index (κ1) is 10.9. The van der Waals surface area contributed by atoms with Crippen LogP contribution in [0.1, 0.15) is 33.6 Å². The number of ether oxygens (including phenoxy) is 1. The zero-order valence-electron chi connectivity index (χ0n) is 7.89. The van der Waals surface area contributed by atoms with Gasteiger partial charge in [-0.3, -0.25) is 0 Å². The Balaban J connectivity index is 3.02. The molecule has 2 nitrogen and oxygen atoms in total. The van der Waals surface area contributed by atoms with Gasteiger partial charge in [-0.1, -0.05) is 20.8 Å². The molecule has 0 aliphatic heterocycles. The van der Waals surface area contributed by atoms with Gasteiger partial charge in [-0.15, -0.1) is 0 Å². The predicted molar refractivity (Wildman–Crippen MR) is 46.6 cm³/mol. The first-order valence-corrected chi connectivity index (χ1v) is 4.25. The number of aliphatic hydroxyl groups excluding tert-OH is 1. The molecule has 0 saturated heterocycles. The van der Waals surface area contributed by atoms with Crippen LogP contribution in [0.2, 0.25) is 0 Å². The molecule has 1 N–H and O–H groups in total. The summed E-state index contributed by atoms with van der Waals surface area (Å²) in [6, 6.07) is 0. The van der Waals surface area contributed by atoms with Crippen molar-refractivity contribution in [3.63, 3.8) is 0 Å². The topological polar surface area (TPSA) is 29.5 Å². The van der Waals surface area contributed by atoms with Crippen LogP contribution in [-0.4, -0.2) is 24.9 Å². The molecule has 0 heterocycles. The molecule has 0 saturated carbocycles. The van der Waals surface area contributed by atoms with Gasteiger partial charge >= 0.3 is 0 Å². The Morgan fingerprint density at radius 3 is 2.27 bits per heavy atom. The van der Waals surface area contributed by atoms with Crippen molar-refractivity contribution in [3.8, 4) is 0 Å². The second-order valence-electron chi connectivity index (χ2n) is 4.00. The average molecular weight is 160 g/mol. The molecule has 0 unspecified atom stereocenters. The average Bonchev–Trinajstić information content (AvgIpc) is 1.85. The summed E-state index contributed by atoms with van der Waals surface area (Å²) in [5.74, 6) is 0. The summed E-state index contributed by atoms with van der Waals surface area (Å²) in [6.45, 7) is 8.32. The molecule has 0 atom stereocenters. The lowest BCUT2D eigenvalue weighted by atomic mass is 9.93. The zero-order chi connectivity index (χ0) is 8.74. The summed E-state index contributed by atoms with van der Waals surface area (Å²) < 4.78 is 5.29. The van der Waals surface area contributed by atoms with Crippen molar-refractivity contribution in [2.75, 3.05) is 19.8 Å². The van der Waals surface area contributed by atoms with Gasteiger partial charge in [0, 0.05) is 19.8 Å². The van der Waals surface area contributed by atoms with Crippen LogP contribution in [0, 0.1) is 5.41 Å². The lowest BCUT2D eigenvalue weighted by Gasteiger charge is -2.17. The normalized spacial score (nSPS) is 12.0. The number of hydrogen-bond donors (Lipinski definition) is 1. The third-order valence-electron chi connectivity index (χ3n) is 1.44. The summed E-state index contributed by atoms with van der Waals surface area (Å²) in [5, 5.41) is 8.45. The molecular formula is C9H20O2. The van der Waals surface area contributed by atoms with E-state index in [2.05, 4.69) is 20.8 Å². The third kappa shape index (κ3) is 9.92. The molecule has 11 heavy (non-hydrogen) atoms. The summed E-state index contributed by atoms with van der Waals surface area (Å²) in [7, 11) is 0. The lowest BCUT2D eigenvalue weighted by molar-refractivity contribution is 0.0949. The molecule has 0 aromatic heterocycles. The van der Waals surface area contributed by atoms with Crippen molar-refractivity contribution in [1.29, 1.82) is 0 Å². The van der Waals surface area contributed by atoms with E-state index >= 15 is 0 Å². The Bertz CT molecular complexity index is 84.1. The summed E-state index contributed by atoms with van der Waals surface area (Å²) >= 11 is 0. The summed E-state index contributed by atoms with van der Waals surface area (Å²) in [6.07, 6.45) is 1.84. The first-order chi connectivity index (χ1) is 5.06. The van der Waals surface area contributed by atoms with Gasteiger partial charge in [0.2, 0.25) is 0 Å². The highest BCUT2D eigenvalue weighted by Crippen LogP contribution is 2.17. The van der Waals surface area contributed by atoms with Crippen LogP contribution in [-0.2, 0) is 4.74 Å². The Kier molecular flexibility index (Phi) is 5.51. The maximum atomic E-state index is 8.45. The van der Waals surface area contributed by atoms with E-state index in [1.54, 1.807) is 0 Å². The van der Waals surface area contributed by atoms with Crippen LogP contribution in [0.3, 0.4) is 0 Å². The van der Waals surface area contributed by atoms with Gasteiger partial charge in [-0.2, -0.15) is 0 Å². The third-order valence-corrected chi connectivity index (χ3v) is 1.44. The molecule has 0 amide bonds. The summed E-state index contributed by atoms with van der Waals surface area (Å²) in [4.78, 5) is 0. The minimum atomic E-state index is 0.232. The molecule has 0 radical (unpaired) electrons. The van der Waals surface area contributed by atoms with Crippen LogP contribution in [0.15, 0.2) is 0 Å². The quantitative estimate of drug-likeness (QED) is 0.622. The Labute approximate surface area is 69.6 Å². The fourth-order valence-electron chi connectivity index (χ4n) is 0.647. The fourth-order valence-corrected chi connectivity index (χ4v) is 0.647. The highest BCUT2D eigenvalue weighted by atomic mass is 16.5. The van der Waals surface area contributed by atoms with Gasteiger partial charge in [-0.25, -0.2) is 0 Å². The molecule has 0 spiro atoms. The van der Waals surface area contributed by atoms with E-state index in [1.807, 2.05) is 0 Å². The van der Waals surface area contributed by atoms with E-state index in [-0.39, 0.29) is 6.61 Å². The maximum absolute atomic E-state index is 8.45. The van der Waals surface area contributed by atoms with E-state index < -0.39 is 0 Å². The van der Waals surface area contributed by atoms with Crippen LogP contribution in [0.25, 0.3) is 0 Å². The Hall–Kier alpha value is -0.0800. The highest BCUT2D eigenvalue weighted by molar-refractivity contribution is 4.59. The molecule has 68 valence electrons. The number of aliphatic hydroxyl groups is 1.